The summed E-state index contributed by atoms with van der Waals surface area (Å²) in [5.74, 6) is -0.678. The molecule has 2 aliphatic rings. The Labute approximate surface area is 169 Å². The minimum atomic E-state index is -0.551. The number of halogens is 3. The predicted molar refractivity (Wildman–Crippen MR) is 103 cm³/mol. The van der Waals surface area contributed by atoms with Crippen LogP contribution in [0.4, 0.5) is 4.39 Å². The van der Waals surface area contributed by atoms with Crippen LogP contribution >= 0.6 is 24.0 Å². The highest BCUT2D eigenvalue weighted by Gasteiger charge is 2.42. The van der Waals surface area contributed by atoms with Gasteiger partial charge >= 0.3 is 0 Å². The maximum absolute atomic E-state index is 13.2. The molecule has 1 aromatic carbocycles. The molecule has 0 spiro atoms. The summed E-state index contributed by atoms with van der Waals surface area (Å²) in [5.41, 5.74) is 5.64. The van der Waals surface area contributed by atoms with E-state index in [1.807, 2.05) is 0 Å². The van der Waals surface area contributed by atoms with Gasteiger partial charge in [-0.2, -0.15) is 0 Å². The number of amides is 2. The molecular formula is C18H24Cl2FN3O3. The van der Waals surface area contributed by atoms with Gasteiger partial charge in [-0.15, -0.1) is 12.4 Å². The van der Waals surface area contributed by atoms with Crippen LogP contribution in [0.25, 0.3) is 0 Å². The van der Waals surface area contributed by atoms with Crippen LogP contribution in [-0.2, 0) is 9.53 Å². The molecule has 6 nitrogen and oxygen atoms in total. The van der Waals surface area contributed by atoms with Gasteiger partial charge in [0, 0.05) is 45.9 Å². The van der Waals surface area contributed by atoms with Gasteiger partial charge in [-0.3, -0.25) is 9.59 Å². The Balaban J connectivity index is 0.00000261. The summed E-state index contributed by atoms with van der Waals surface area (Å²) < 4.78 is 18.5. The molecule has 0 aromatic heterocycles. The van der Waals surface area contributed by atoms with Gasteiger partial charge in [0.05, 0.1) is 16.0 Å². The zero-order valence-electron chi connectivity index (χ0n) is 15.0. The zero-order valence-corrected chi connectivity index (χ0v) is 16.5. The van der Waals surface area contributed by atoms with Crippen LogP contribution in [0.15, 0.2) is 18.2 Å². The Morgan fingerprint density at radius 3 is 2.30 bits per heavy atom. The van der Waals surface area contributed by atoms with Crippen LogP contribution in [0.3, 0.4) is 0 Å². The molecule has 2 saturated heterocycles. The quantitative estimate of drug-likeness (QED) is 0.811. The monoisotopic (exact) mass is 419 g/mol. The number of carbonyl (C=O) groups is 2. The van der Waals surface area contributed by atoms with E-state index in [-0.39, 0.29) is 34.8 Å². The van der Waals surface area contributed by atoms with Crippen molar-refractivity contribution in [3.8, 4) is 0 Å². The van der Waals surface area contributed by atoms with Gasteiger partial charge in [0.1, 0.15) is 5.82 Å². The molecule has 0 atom stereocenters. The number of rotatable bonds is 3. The highest BCUT2D eigenvalue weighted by atomic mass is 35.5. The topological polar surface area (TPSA) is 75.9 Å². The highest BCUT2D eigenvalue weighted by Crippen LogP contribution is 2.32. The van der Waals surface area contributed by atoms with E-state index in [0.717, 1.165) is 6.07 Å². The molecule has 2 N–H and O–H groups in total. The third-order valence-corrected chi connectivity index (χ3v) is 5.62. The molecule has 0 unspecified atom stereocenters. The fraction of sp³-hybridized carbons (Fsp3) is 0.556. The Morgan fingerprint density at radius 2 is 1.74 bits per heavy atom. The lowest BCUT2D eigenvalue weighted by atomic mass is 9.78. The summed E-state index contributed by atoms with van der Waals surface area (Å²) in [6, 6.07) is 3.74. The van der Waals surface area contributed by atoms with E-state index >= 15 is 0 Å². The van der Waals surface area contributed by atoms with Crippen LogP contribution in [0.2, 0.25) is 5.02 Å². The van der Waals surface area contributed by atoms with Crippen molar-refractivity contribution in [1.82, 2.24) is 9.80 Å². The lowest BCUT2D eigenvalue weighted by molar-refractivity contribution is -0.148. The Kier molecular flexibility index (Phi) is 7.45. The number of carbonyl (C=O) groups excluding carboxylic acids is 2. The third-order valence-electron chi connectivity index (χ3n) is 5.31. The average molecular weight is 420 g/mol. The maximum Gasteiger partial charge on any atom is 0.255 e. The van der Waals surface area contributed by atoms with Crippen molar-refractivity contribution in [3.63, 3.8) is 0 Å². The number of piperazine rings is 1. The van der Waals surface area contributed by atoms with E-state index in [2.05, 4.69) is 0 Å². The number of nitrogens with zero attached hydrogens (tertiary/aromatic N) is 2. The summed E-state index contributed by atoms with van der Waals surface area (Å²) in [5, 5.41) is 0.0952. The van der Waals surface area contributed by atoms with E-state index in [1.165, 1.54) is 12.1 Å². The first-order valence-corrected chi connectivity index (χ1v) is 9.16. The standard InChI is InChI=1S/C18H23ClFN3O3.ClH/c19-15-11-13(20)1-2-14(15)16(24)22-5-7-23(8-6-22)17(25)18(12-21)3-9-26-10-4-18;/h1-2,11H,3-10,12,21H2;1H. The van der Waals surface area contributed by atoms with Gasteiger partial charge in [-0.05, 0) is 31.0 Å². The summed E-state index contributed by atoms with van der Waals surface area (Å²) in [6.45, 7) is 3.12. The number of nitrogens with two attached hydrogens (primary N) is 1. The van der Waals surface area contributed by atoms with Crippen molar-refractivity contribution >= 4 is 35.8 Å². The average Bonchev–Trinajstić information content (AvgIpc) is 2.67. The molecule has 27 heavy (non-hydrogen) atoms. The second-order valence-electron chi connectivity index (χ2n) is 6.81. The van der Waals surface area contributed by atoms with Crippen molar-refractivity contribution in [2.75, 3.05) is 45.9 Å². The van der Waals surface area contributed by atoms with Gasteiger partial charge in [0.25, 0.3) is 5.91 Å². The molecule has 2 amide bonds. The zero-order chi connectivity index (χ0) is 18.7. The van der Waals surface area contributed by atoms with Crippen LogP contribution in [0, 0.1) is 11.2 Å². The first-order chi connectivity index (χ1) is 12.5. The lowest BCUT2D eigenvalue weighted by Crippen LogP contribution is -2.57. The summed E-state index contributed by atoms with van der Waals surface area (Å²) in [7, 11) is 0. The van der Waals surface area contributed by atoms with E-state index in [9.17, 15) is 14.0 Å². The Morgan fingerprint density at radius 1 is 1.15 bits per heavy atom. The minimum Gasteiger partial charge on any atom is -0.381 e. The number of hydrogen-bond donors (Lipinski definition) is 1. The molecule has 2 heterocycles. The molecule has 0 aliphatic carbocycles. The summed E-state index contributed by atoms with van der Waals surface area (Å²) in [6.07, 6.45) is 1.26. The van der Waals surface area contributed by atoms with Crippen molar-refractivity contribution < 1.29 is 18.7 Å². The fourth-order valence-corrected chi connectivity index (χ4v) is 3.80. The van der Waals surface area contributed by atoms with E-state index in [1.54, 1.807) is 9.80 Å². The number of hydrogen-bond acceptors (Lipinski definition) is 4. The molecular weight excluding hydrogens is 396 g/mol. The van der Waals surface area contributed by atoms with Crippen molar-refractivity contribution in [3.05, 3.63) is 34.6 Å². The second-order valence-corrected chi connectivity index (χ2v) is 7.21. The first kappa shape index (κ1) is 21.9. The second kappa shape index (κ2) is 9.19. The Bertz CT molecular complexity index is 690. The van der Waals surface area contributed by atoms with E-state index in [0.29, 0.717) is 58.8 Å². The minimum absolute atomic E-state index is 0. The summed E-state index contributed by atoms with van der Waals surface area (Å²) in [4.78, 5) is 29.0. The first-order valence-electron chi connectivity index (χ1n) is 8.78. The van der Waals surface area contributed by atoms with E-state index in [4.69, 9.17) is 22.1 Å². The Hall–Kier alpha value is -1.41. The smallest absolute Gasteiger partial charge is 0.255 e. The molecule has 1 aromatic rings. The van der Waals surface area contributed by atoms with Gasteiger partial charge in [0.2, 0.25) is 5.91 Å². The van der Waals surface area contributed by atoms with Gasteiger partial charge < -0.3 is 20.3 Å². The van der Waals surface area contributed by atoms with Crippen molar-refractivity contribution in [2.24, 2.45) is 11.1 Å². The van der Waals surface area contributed by atoms with Crippen molar-refractivity contribution in [2.45, 2.75) is 12.8 Å². The van der Waals surface area contributed by atoms with Gasteiger partial charge in [-0.1, -0.05) is 11.6 Å². The van der Waals surface area contributed by atoms with Gasteiger partial charge in [-0.25, -0.2) is 4.39 Å². The molecule has 9 heteroatoms. The molecule has 2 fully saturated rings. The van der Waals surface area contributed by atoms with Crippen LogP contribution in [-0.4, -0.2) is 67.6 Å². The molecule has 0 saturated carbocycles. The van der Waals surface area contributed by atoms with Crippen LogP contribution in [0.1, 0.15) is 23.2 Å². The molecule has 0 radical (unpaired) electrons. The highest BCUT2D eigenvalue weighted by molar-refractivity contribution is 6.33. The van der Waals surface area contributed by atoms with E-state index < -0.39 is 11.2 Å². The number of ether oxygens (including phenoxy) is 1. The fourth-order valence-electron chi connectivity index (χ4n) is 3.55. The number of benzene rings is 1. The van der Waals surface area contributed by atoms with Crippen LogP contribution < -0.4 is 5.73 Å². The molecule has 0 bridgehead atoms. The normalized spacial score (nSPS) is 19.4. The van der Waals surface area contributed by atoms with Crippen molar-refractivity contribution in [1.29, 1.82) is 0 Å². The maximum atomic E-state index is 13.2. The van der Waals surface area contributed by atoms with Gasteiger partial charge in [0.15, 0.2) is 0 Å². The van der Waals surface area contributed by atoms with Crippen LogP contribution in [0.5, 0.6) is 0 Å². The predicted octanol–water partition coefficient (Wildman–Crippen LogP) is 1.94. The third kappa shape index (κ3) is 4.54. The largest absolute Gasteiger partial charge is 0.381 e. The molecule has 2 aliphatic heterocycles. The summed E-state index contributed by atoms with van der Waals surface area (Å²) >= 11 is 5.98. The molecule has 3 rings (SSSR count). The SMILES string of the molecule is Cl.NCC1(C(=O)N2CCN(C(=O)c3ccc(F)cc3Cl)CC2)CCOCC1. The molecule has 150 valence electrons. The lowest BCUT2D eigenvalue weighted by Gasteiger charge is -2.42.